The molecule has 0 aromatic carbocycles. The topological polar surface area (TPSA) is 108 Å². The van der Waals surface area contributed by atoms with E-state index in [4.69, 9.17) is 9.05 Å². The minimum atomic E-state index is -4.53. The van der Waals surface area contributed by atoms with E-state index in [1.807, 2.05) is 28.1 Å². The molecule has 0 saturated heterocycles. The lowest BCUT2D eigenvalue weighted by molar-refractivity contribution is -0.870. The minimum absolute atomic E-state index is 0.0136. The number of likely N-dealkylation sites (N-methyl/N-ethyl adjacent to an activating group) is 1. The van der Waals surface area contributed by atoms with Crippen LogP contribution in [0.5, 0.6) is 0 Å². The third-order valence-corrected chi connectivity index (χ3v) is 9.06. The molecule has 3 atom stereocenters. The summed E-state index contributed by atoms with van der Waals surface area (Å²) in [6.07, 6.45) is 26.4. The normalized spacial score (nSPS) is 14.9. The van der Waals surface area contributed by atoms with Gasteiger partial charge in [-0.1, -0.05) is 142 Å². The maximum atomic E-state index is 12.3. The maximum absolute atomic E-state index is 12.3. The Kier molecular flexibility index (Phi) is 27.5. The molecule has 0 aromatic rings. The Bertz CT molecular complexity index is 688. The van der Waals surface area contributed by atoms with Crippen molar-refractivity contribution in [1.29, 1.82) is 0 Å². The van der Waals surface area contributed by atoms with Crippen LogP contribution in [0.4, 0.5) is 0 Å². The molecular formula is C34H71N2O6P. The average Bonchev–Trinajstić information content (AvgIpc) is 2.94. The van der Waals surface area contributed by atoms with Gasteiger partial charge in [0, 0.05) is 6.42 Å². The monoisotopic (exact) mass is 635 g/mol. The standard InChI is InChI=1S/C34H71N2O6P/c1-6-8-10-11-12-13-14-15-16-17-18-19-20-21-22-23-24-25-26-27-33(37)32(35-34(38)28-9-7-2)31-42-43(39,40)41-30-29-36(3,4)5/h32-33,37H,6-31H2,1-5H3,(H-,35,38,39,40). The zero-order chi connectivity index (χ0) is 32.2. The van der Waals surface area contributed by atoms with Crippen molar-refractivity contribution in [3.05, 3.63) is 0 Å². The van der Waals surface area contributed by atoms with Gasteiger partial charge in [-0.25, -0.2) is 0 Å². The maximum Gasteiger partial charge on any atom is 0.268 e. The molecule has 43 heavy (non-hydrogen) atoms. The second-order valence-electron chi connectivity index (χ2n) is 13.6. The molecule has 2 N–H and O–H groups in total. The van der Waals surface area contributed by atoms with Crippen molar-refractivity contribution in [3.8, 4) is 0 Å². The number of rotatable bonds is 32. The predicted molar refractivity (Wildman–Crippen MR) is 178 cm³/mol. The summed E-state index contributed by atoms with van der Waals surface area (Å²) in [6.45, 7) is 4.47. The lowest BCUT2D eigenvalue weighted by Crippen LogP contribution is -2.46. The zero-order valence-electron chi connectivity index (χ0n) is 28.9. The Morgan fingerprint density at radius 2 is 1.14 bits per heavy atom. The summed E-state index contributed by atoms with van der Waals surface area (Å²) in [5, 5.41) is 13.6. The molecule has 0 aliphatic heterocycles. The van der Waals surface area contributed by atoms with Gasteiger partial charge in [-0.15, -0.1) is 0 Å². The van der Waals surface area contributed by atoms with Gasteiger partial charge < -0.3 is 28.8 Å². The summed E-state index contributed by atoms with van der Waals surface area (Å²) < 4.78 is 22.8. The van der Waals surface area contributed by atoms with Gasteiger partial charge in [0.25, 0.3) is 7.82 Å². The van der Waals surface area contributed by atoms with Crippen LogP contribution in [0.1, 0.15) is 162 Å². The molecule has 0 radical (unpaired) electrons. The van der Waals surface area contributed by atoms with Crippen molar-refractivity contribution in [3.63, 3.8) is 0 Å². The first-order valence-corrected chi connectivity index (χ1v) is 19.3. The van der Waals surface area contributed by atoms with Gasteiger partial charge in [0.2, 0.25) is 5.91 Å². The number of phosphoric acid groups is 1. The third-order valence-electron chi connectivity index (χ3n) is 8.10. The molecule has 0 aliphatic carbocycles. The van der Waals surface area contributed by atoms with Crippen molar-refractivity contribution in [1.82, 2.24) is 5.32 Å². The van der Waals surface area contributed by atoms with Gasteiger partial charge in [-0.3, -0.25) is 9.36 Å². The highest BCUT2D eigenvalue weighted by molar-refractivity contribution is 7.45. The van der Waals surface area contributed by atoms with Gasteiger partial charge in [-0.2, -0.15) is 0 Å². The molecular weight excluding hydrogens is 563 g/mol. The number of hydrogen-bond acceptors (Lipinski definition) is 6. The Labute approximate surface area is 266 Å². The largest absolute Gasteiger partial charge is 0.756 e. The lowest BCUT2D eigenvalue weighted by Gasteiger charge is -2.30. The summed E-state index contributed by atoms with van der Waals surface area (Å²) in [4.78, 5) is 24.5. The van der Waals surface area contributed by atoms with E-state index in [2.05, 4.69) is 12.2 Å². The van der Waals surface area contributed by atoms with Crippen molar-refractivity contribution in [2.45, 2.75) is 174 Å². The summed E-state index contributed by atoms with van der Waals surface area (Å²) in [5.74, 6) is -0.200. The number of carbonyl (C=O) groups is 1. The van der Waals surface area contributed by atoms with E-state index in [9.17, 15) is 19.4 Å². The van der Waals surface area contributed by atoms with E-state index in [0.29, 0.717) is 23.9 Å². The fourth-order valence-electron chi connectivity index (χ4n) is 5.13. The van der Waals surface area contributed by atoms with Crippen LogP contribution in [0.2, 0.25) is 0 Å². The summed E-state index contributed by atoms with van der Waals surface area (Å²) >= 11 is 0. The number of hydrogen-bond donors (Lipinski definition) is 2. The highest BCUT2D eigenvalue weighted by atomic mass is 31.2. The fraction of sp³-hybridized carbons (Fsp3) is 0.971. The van der Waals surface area contributed by atoms with Crippen LogP contribution in [0.15, 0.2) is 0 Å². The highest BCUT2D eigenvalue weighted by Crippen LogP contribution is 2.38. The summed E-state index contributed by atoms with van der Waals surface area (Å²) in [5.41, 5.74) is 0. The number of unbranched alkanes of at least 4 members (excludes halogenated alkanes) is 19. The van der Waals surface area contributed by atoms with Crippen LogP contribution in [0.3, 0.4) is 0 Å². The molecule has 0 bridgehead atoms. The number of aliphatic hydroxyl groups is 1. The number of nitrogens with zero attached hydrogens (tertiary/aromatic N) is 1. The first-order valence-electron chi connectivity index (χ1n) is 17.9. The van der Waals surface area contributed by atoms with Crippen molar-refractivity contribution in [2.75, 3.05) is 40.9 Å². The van der Waals surface area contributed by atoms with Crippen LogP contribution in [0.25, 0.3) is 0 Å². The highest BCUT2D eigenvalue weighted by Gasteiger charge is 2.24. The Morgan fingerprint density at radius 3 is 1.56 bits per heavy atom. The minimum Gasteiger partial charge on any atom is -0.756 e. The summed E-state index contributed by atoms with van der Waals surface area (Å²) in [6, 6.07) is -0.788. The van der Waals surface area contributed by atoms with E-state index < -0.39 is 20.0 Å². The molecule has 0 aliphatic rings. The second kappa shape index (κ2) is 27.8. The first-order chi connectivity index (χ1) is 20.5. The van der Waals surface area contributed by atoms with E-state index in [0.717, 1.165) is 32.1 Å². The van der Waals surface area contributed by atoms with Crippen LogP contribution < -0.4 is 10.2 Å². The fourth-order valence-corrected chi connectivity index (χ4v) is 5.86. The number of nitrogens with one attached hydrogen (secondary N) is 1. The van der Waals surface area contributed by atoms with Crippen LogP contribution >= 0.6 is 7.82 Å². The quantitative estimate of drug-likeness (QED) is 0.0440. The Balaban J connectivity index is 4.03. The molecule has 0 aromatic heterocycles. The Hall–Kier alpha value is -0.500. The molecule has 3 unspecified atom stereocenters. The average molecular weight is 635 g/mol. The molecule has 258 valence electrons. The summed E-state index contributed by atoms with van der Waals surface area (Å²) in [7, 11) is 1.30. The number of aliphatic hydroxyl groups excluding tert-OH is 1. The molecule has 8 nitrogen and oxygen atoms in total. The second-order valence-corrected chi connectivity index (χ2v) is 15.0. The molecule has 1 amide bonds. The van der Waals surface area contributed by atoms with E-state index >= 15 is 0 Å². The first kappa shape index (κ1) is 42.5. The molecule has 0 saturated carbocycles. The molecule has 0 spiro atoms. The van der Waals surface area contributed by atoms with Crippen molar-refractivity contribution >= 4 is 13.7 Å². The van der Waals surface area contributed by atoms with Gasteiger partial charge in [0.15, 0.2) is 0 Å². The lowest BCUT2D eigenvalue weighted by atomic mass is 10.0. The SMILES string of the molecule is CCCCCCCCCCCCCCCCCCCCCC(O)C(COP(=O)([O-])OCC[N+](C)(C)C)NC(=O)CCCC. The van der Waals surface area contributed by atoms with Gasteiger partial charge >= 0.3 is 0 Å². The zero-order valence-corrected chi connectivity index (χ0v) is 29.8. The predicted octanol–water partition coefficient (Wildman–Crippen LogP) is 8.05. The van der Waals surface area contributed by atoms with Crippen LogP contribution in [-0.4, -0.2) is 68.5 Å². The van der Waals surface area contributed by atoms with E-state index in [1.54, 1.807) is 0 Å². The number of quaternary nitrogens is 1. The van der Waals surface area contributed by atoms with Gasteiger partial charge in [0.05, 0.1) is 39.9 Å². The molecule has 0 rings (SSSR count). The molecule has 0 fully saturated rings. The van der Waals surface area contributed by atoms with E-state index in [1.165, 1.54) is 103 Å². The van der Waals surface area contributed by atoms with Crippen molar-refractivity contribution < 1.29 is 32.9 Å². The van der Waals surface area contributed by atoms with Crippen LogP contribution in [-0.2, 0) is 18.4 Å². The smallest absolute Gasteiger partial charge is 0.268 e. The Morgan fingerprint density at radius 1 is 0.721 bits per heavy atom. The number of phosphoric ester groups is 1. The van der Waals surface area contributed by atoms with Gasteiger partial charge in [0.1, 0.15) is 13.2 Å². The van der Waals surface area contributed by atoms with E-state index in [-0.39, 0.29) is 19.1 Å². The number of amides is 1. The molecule has 0 heterocycles. The van der Waals surface area contributed by atoms with Crippen molar-refractivity contribution in [2.24, 2.45) is 0 Å². The molecule has 9 heteroatoms. The van der Waals surface area contributed by atoms with Crippen LogP contribution in [0, 0.1) is 0 Å². The number of carbonyl (C=O) groups excluding carboxylic acids is 1. The van der Waals surface area contributed by atoms with Gasteiger partial charge in [-0.05, 0) is 12.8 Å². The third kappa shape index (κ3) is 29.9.